The van der Waals surface area contributed by atoms with Crippen LogP contribution < -0.4 is 10.6 Å². The highest BCUT2D eigenvalue weighted by Gasteiger charge is 2.16. The minimum Gasteiger partial charge on any atom is -0.378 e. The number of anilines is 1. The van der Waals surface area contributed by atoms with Gasteiger partial charge in [-0.25, -0.2) is 0 Å². The first kappa shape index (κ1) is 13.7. The van der Waals surface area contributed by atoms with Crippen molar-refractivity contribution in [3.05, 3.63) is 65.9 Å². The van der Waals surface area contributed by atoms with Gasteiger partial charge in [-0.3, -0.25) is 0 Å². The van der Waals surface area contributed by atoms with E-state index in [9.17, 15) is 0 Å². The van der Waals surface area contributed by atoms with Gasteiger partial charge in [0.1, 0.15) is 0 Å². The Bertz CT molecular complexity index is 726. The molecule has 0 fully saturated rings. The Labute approximate surface area is 125 Å². The third-order valence-electron chi connectivity index (χ3n) is 4.04. The van der Waals surface area contributed by atoms with E-state index < -0.39 is 0 Å². The maximum absolute atomic E-state index is 6.06. The molecule has 3 nitrogen and oxygen atoms in total. The van der Waals surface area contributed by atoms with E-state index in [0.29, 0.717) is 6.54 Å². The summed E-state index contributed by atoms with van der Waals surface area (Å²) in [5.74, 6) is 0.220. The maximum atomic E-state index is 6.06. The van der Waals surface area contributed by atoms with Crippen LogP contribution in [0.5, 0.6) is 0 Å². The zero-order valence-corrected chi connectivity index (χ0v) is 12.5. The molecule has 0 spiro atoms. The summed E-state index contributed by atoms with van der Waals surface area (Å²) in [4.78, 5) is 5.44. The number of rotatable bonds is 4. The lowest BCUT2D eigenvalue weighted by Crippen LogP contribution is -2.14. The number of nitrogens with zero attached hydrogens (tertiary/aromatic N) is 1. The van der Waals surface area contributed by atoms with Crippen LogP contribution in [0.4, 0.5) is 5.69 Å². The monoisotopic (exact) mass is 279 g/mol. The third-order valence-corrected chi connectivity index (χ3v) is 4.04. The molecule has 3 aromatic rings. The molecule has 1 heterocycles. The van der Waals surface area contributed by atoms with Gasteiger partial charge in [0.2, 0.25) is 0 Å². The smallest absolute Gasteiger partial charge is 0.0457 e. The molecular formula is C18H21N3. The fraction of sp³-hybridized carbons (Fsp3) is 0.222. The first-order valence-electron chi connectivity index (χ1n) is 7.24. The average Bonchev–Trinajstić information content (AvgIpc) is 2.93. The number of nitrogens with two attached hydrogens (primary N) is 1. The normalized spacial score (nSPS) is 12.5. The van der Waals surface area contributed by atoms with Crippen LogP contribution in [0.15, 0.2) is 54.7 Å². The van der Waals surface area contributed by atoms with Crippen LogP contribution in [0, 0.1) is 0 Å². The zero-order valence-electron chi connectivity index (χ0n) is 12.5. The number of hydrogen-bond acceptors (Lipinski definition) is 2. The van der Waals surface area contributed by atoms with Crippen molar-refractivity contribution in [1.82, 2.24) is 4.98 Å². The highest BCUT2D eigenvalue weighted by molar-refractivity contribution is 5.84. The fourth-order valence-corrected chi connectivity index (χ4v) is 2.83. The van der Waals surface area contributed by atoms with Gasteiger partial charge in [0.05, 0.1) is 0 Å². The Kier molecular flexibility index (Phi) is 3.67. The molecule has 3 rings (SSSR count). The molecule has 0 bridgehead atoms. The maximum Gasteiger partial charge on any atom is 0.0457 e. The van der Waals surface area contributed by atoms with Gasteiger partial charge in [-0.1, -0.05) is 30.3 Å². The Morgan fingerprint density at radius 1 is 1.05 bits per heavy atom. The molecule has 0 unspecified atom stereocenters. The quantitative estimate of drug-likeness (QED) is 0.769. The van der Waals surface area contributed by atoms with Crippen molar-refractivity contribution in [2.45, 2.75) is 5.92 Å². The first-order chi connectivity index (χ1) is 10.2. The molecule has 0 aliphatic rings. The third kappa shape index (κ3) is 2.52. The molecule has 0 radical (unpaired) electrons. The zero-order chi connectivity index (χ0) is 14.8. The fourth-order valence-electron chi connectivity index (χ4n) is 2.83. The molecule has 21 heavy (non-hydrogen) atoms. The molecule has 0 aliphatic carbocycles. The van der Waals surface area contributed by atoms with E-state index in [2.05, 4.69) is 72.6 Å². The minimum absolute atomic E-state index is 0.220. The topological polar surface area (TPSA) is 45.0 Å². The Morgan fingerprint density at radius 2 is 1.76 bits per heavy atom. The lowest BCUT2D eigenvalue weighted by molar-refractivity contribution is 0.825. The van der Waals surface area contributed by atoms with Crippen molar-refractivity contribution in [2.24, 2.45) is 5.73 Å². The van der Waals surface area contributed by atoms with Crippen molar-refractivity contribution in [3.63, 3.8) is 0 Å². The summed E-state index contributed by atoms with van der Waals surface area (Å²) in [5.41, 5.74) is 11.0. The average molecular weight is 279 g/mol. The van der Waals surface area contributed by atoms with Crippen molar-refractivity contribution < 1.29 is 0 Å². The Balaban J connectivity index is 2.01. The SMILES string of the molecule is CN(C)c1ccc([C@H](CN)c2c[nH]c3ccccc23)cc1. The van der Waals surface area contributed by atoms with Crippen molar-refractivity contribution in [3.8, 4) is 0 Å². The summed E-state index contributed by atoms with van der Waals surface area (Å²) in [5, 5.41) is 1.25. The summed E-state index contributed by atoms with van der Waals surface area (Å²) >= 11 is 0. The highest BCUT2D eigenvalue weighted by atomic mass is 15.1. The molecule has 3 heteroatoms. The molecule has 108 valence electrons. The van der Waals surface area contributed by atoms with E-state index in [1.54, 1.807) is 0 Å². The number of aromatic amines is 1. The number of hydrogen-bond donors (Lipinski definition) is 2. The van der Waals surface area contributed by atoms with E-state index in [1.807, 2.05) is 6.07 Å². The van der Waals surface area contributed by atoms with Crippen molar-refractivity contribution in [2.75, 3.05) is 25.5 Å². The minimum atomic E-state index is 0.220. The van der Waals surface area contributed by atoms with Gasteiger partial charge in [0.15, 0.2) is 0 Å². The molecule has 0 aliphatic heterocycles. The summed E-state index contributed by atoms with van der Waals surface area (Å²) in [6.07, 6.45) is 2.09. The number of fused-ring (bicyclic) bond motifs is 1. The number of benzene rings is 2. The van der Waals surface area contributed by atoms with Gasteiger partial charge in [0.25, 0.3) is 0 Å². The molecular weight excluding hydrogens is 258 g/mol. The van der Waals surface area contributed by atoms with Gasteiger partial charge in [-0.05, 0) is 29.3 Å². The number of para-hydroxylation sites is 1. The molecule has 2 aromatic carbocycles. The van der Waals surface area contributed by atoms with Crippen LogP contribution >= 0.6 is 0 Å². The second-order valence-corrected chi connectivity index (χ2v) is 5.56. The van der Waals surface area contributed by atoms with E-state index in [-0.39, 0.29) is 5.92 Å². The standard InChI is InChI=1S/C18H21N3/c1-21(2)14-9-7-13(8-10-14)16(11-19)17-12-20-18-6-4-3-5-15(17)18/h3-10,12,16,20H,11,19H2,1-2H3/t16-/m0/s1. The van der Waals surface area contributed by atoms with E-state index >= 15 is 0 Å². The molecule has 3 N–H and O–H groups in total. The largest absolute Gasteiger partial charge is 0.378 e. The summed E-state index contributed by atoms with van der Waals surface area (Å²) in [6, 6.07) is 17.0. The van der Waals surface area contributed by atoms with Gasteiger partial charge >= 0.3 is 0 Å². The van der Waals surface area contributed by atoms with Gasteiger partial charge < -0.3 is 15.6 Å². The second-order valence-electron chi connectivity index (χ2n) is 5.56. The summed E-state index contributed by atoms with van der Waals surface area (Å²) < 4.78 is 0. The number of nitrogens with one attached hydrogen (secondary N) is 1. The van der Waals surface area contributed by atoms with E-state index in [1.165, 1.54) is 22.2 Å². The van der Waals surface area contributed by atoms with Crippen LogP contribution in [0.1, 0.15) is 17.0 Å². The molecule has 0 saturated carbocycles. The first-order valence-corrected chi connectivity index (χ1v) is 7.24. The van der Waals surface area contributed by atoms with Gasteiger partial charge in [-0.15, -0.1) is 0 Å². The van der Waals surface area contributed by atoms with Crippen LogP contribution in [0.3, 0.4) is 0 Å². The Hall–Kier alpha value is -2.26. The van der Waals surface area contributed by atoms with Crippen LogP contribution in [-0.4, -0.2) is 25.6 Å². The lowest BCUT2D eigenvalue weighted by atomic mass is 9.91. The number of H-pyrrole nitrogens is 1. The Morgan fingerprint density at radius 3 is 2.43 bits per heavy atom. The van der Waals surface area contributed by atoms with Gasteiger partial charge in [-0.2, -0.15) is 0 Å². The molecule has 1 atom stereocenters. The highest BCUT2D eigenvalue weighted by Crippen LogP contribution is 2.30. The number of aromatic nitrogens is 1. The summed E-state index contributed by atoms with van der Waals surface area (Å²) in [6.45, 7) is 0.600. The van der Waals surface area contributed by atoms with Crippen LogP contribution in [0.25, 0.3) is 10.9 Å². The van der Waals surface area contributed by atoms with Crippen LogP contribution in [-0.2, 0) is 0 Å². The van der Waals surface area contributed by atoms with Crippen molar-refractivity contribution in [1.29, 1.82) is 0 Å². The second kappa shape index (κ2) is 5.62. The summed E-state index contributed by atoms with van der Waals surface area (Å²) in [7, 11) is 4.10. The van der Waals surface area contributed by atoms with Gasteiger partial charge in [0, 0.05) is 49.3 Å². The molecule has 0 saturated heterocycles. The predicted octanol–water partition coefficient (Wildman–Crippen LogP) is 3.32. The lowest BCUT2D eigenvalue weighted by Gasteiger charge is -2.17. The van der Waals surface area contributed by atoms with Crippen LogP contribution in [0.2, 0.25) is 0 Å². The molecule has 1 aromatic heterocycles. The van der Waals surface area contributed by atoms with Crippen molar-refractivity contribution >= 4 is 16.6 Å². The molecule has 0 amide bonds. The van der Waals surface area contributed by atoms with E-state index in [0.717, 1.165) is 5.52 Å². The van der Waals surface area contributed by atoms with E-state index in [4.69, 9.17) is 5.73 Å². The predicted molar refractivity (Wildman–Crippen MR) is 90.0 cm³/mol.